The van der Waals surface area contributed by atoms with Crippen LogP contribution in [-0.4, -0.2) is 40.6 Å². The molecule has 0 radical (unpaired) electrons. The van der Waals surface area contributed by atoms with Gasteiger partial charge in [0.25, 0.3) is 5.91 Å². The van der Waals surface area contributed by atoms with Crippen molar-refractivity contribution in [3.8, 4) is 5.75 Å². The average Bonchev–Trinajstić information content (AvgIpc) is 3.28. The Morgan fingerprint density at radius 3 is 2.38 bits per heavy atom. The Bertz CT molecular complexity index is 1150. The van der Waals surface area contributed by atoms with Gasteiger partial charge in [0.2, 0.25) is 0 Å². The van der Waals surface area contributed by atoms with Gasteiger partial charge in [0.15, 0.2) is 15.6 Å². The van der Waals surface area contributed by atoms with Gasteiger partial charge < -0.3 is 19.4 Å². The summed E-state index contributed by atoms with van der Waals surface area (Å²) in [6.07, 6.45) is 1.63. The molecule has 7 nitrogen and oxygen atoms in total. The predicted molar refractivity (Wildman–Crippen MR) is 122 cm³/mol. The van der Waals surface area contributed by atoms with Crippen LogP contribution < -0.4 is 15.0 Å². The van der Waals surface area contributed by atoms with Crippen LogP contribution in [0.2, 0.25) is 0 Å². The van der Waals surface area contributed by atoms with Gasteiger partial charge in [0.1, 0.15) is 17.3 Å². The van der Waals surface area contributed by atoms with E-state index in [0.717, 1.165) is 37.4 Å². The first kappa shape index (κ1) is 22.0. The lowest BCUT2D eigenvalue weighted by atomic mass is 10.0. The Balaban J connectivity index is 1.31. The zero-order valence-electron chi connectivity index (χ0n) is 17.9. The maximum atomic E-state index is 12.6. The van der Waals surface area contributed by atoms with Gasteiger partial charge in [0.05, 0.1) is 12.0 Å². The summed E-state index contributed by atoms with van der Waals surface area (Å²) >= 11 is 0. The molecule has 2 heterocycles. The van der Waals surface area contributed by atoms with Gasteiger partial charge in [-0.1, -0.05) is 18.2 Å². The van der Waals surface area contributed by atoms with Crippen LogP contribution in [0.1, 0.15) is 29.2 Å². The van der Waals surface area contributed by atoms with Crippen LogP contribution in [0.3, 0.4) is 0 Å². The smallest absolute Gasteiger partial charge is 0.287 e. The van der Waals surface area contributed by atoms with Crippen molar-refractivity contribution in [2.45, 2.75) is 29.5 Å². The highest BCUT2D eigenvalue weighted by Crippen LogP contribution is 2.23. The molecule has 8 heteroatoms. The predicted octanol–water partition coefficient (Wildman–Crippen LogP) is 3.66. The summed E-state index contributed by atoms with van der Waals surface area (Å²) in [6.45, 7) is 1.66. The quantitative estimate of drug-likeness (QED) is 0.586. The van der Waals surface area contributed by atoms with Gasteiger partial charge in [-0.3, -0.25) is 4.79 Å². The van der Waals surface area contributed by atoms with E-state index in [1.165, 1.54) is 6.07 Å². The van der Waals surface area contributed by atoms with Crippen LogP contribution in [-0.2, 0) is 15.6 Å². The van der Waals surface area contributed by atoms with E-state index in [9.17, 15) is 13.2 Å². The van der Waals surface area contributed by atoms with E-state index >= 15 is 0 Å². The summed E-state index contributed by atoms with van der Waals surface area (Å²) in [4.78, 5) is 15.1. The summed E-state index contributed by atoms with van der Waals surface area (Å²) < 4.78 is 35.8. The minimum atomic E-state index is -3.53. The fourth-order valence-corrected chi connectivity index (χ4v) is 5.08. The van der Waals surface area contributed by atoms with Crippen molar-refractivity contribution in [1.29, 1.82) is 0 Å². The largest absolute Gasteiger partial charge is 0.497 e. The number of hydrogen-bond donors (Lipinski definition) is 1. The van der Waals surface area contributed by atoms with E-state index in [-0.39, 0.29) is 34.1 Å². The number of furan rings is 1. The Morgan fingerprint density at radius 2 is 1.72 bits per heavy atom. The van der Waals surface area contributed by atoms with Crippen LogP contribution >= 0.6 is 0 Å². The SMILES string of the molecule is COc1ccc(N2CCC(NC(=O)c3ccc(CS(=O)(=O)c4ccccc4)o3)CC2)cc1. The van der Waals surface area contributed by atoms with E-state index in [1.807, 2.05) is 24.3 Å². The average molecular weight is 455 g/mol. The van der Waals surface area contributed by atoms with Gasteiger partial charge in [0, 0.05) is 24.8 Å². The van der Waals surface area contributed by atoms with Gasteiger partial charge in [-0.05, 0) is 61.4 Å². The molecule has 1 amide bonds. The highest BCUT2D eigenvalue weighted by Gasteiger charge is 2.24. The topological polar surface area (TPSA) is 88.9 Å². The Kier molecular flexibility index (Phi) is 6.50. The number of amides is 1. The lowest BCUT2D eigenvalue weighted by molar-refractivity contribution is 0.0901. The number of carbonyl (C=O) groups excluding carboxylic acids is 1. The molecule has 1 aromatic heterocycles. The third-order valence-electron chi connectivity index (χ3n) is 5.59. The molecule has 168 valence electrons. The maximum Gasteiger partial charge on any atom is 0.287 e. The molecular formula is C24H26N2O5S. The Labute approximate surface area is 187 Å². The number of hydrogen-bond acceptors (Lipinski definition) is 6. The minimum absolute atomic E-state index is 0.0404. The zero-order chi connectivity index (χ0) is 22.6. The molecule has 1 aliphatic rings. The molecule has 3 aromatic rings. The van der Waals surface area contributed by atoms with Crippen molar-refractivity contribution >= 4 is 21.4 Å². The second-order valence-corrected chi connectivity index (χ2v) is 9.76. The number of piperidine rings is 1. The minimum Gasteiger partial charge on any atom is -0.497 e. The van der Waals surface area contributed by atoms with Crippen molar-refractivity contribution in [3.63, 3.8) is 0 Å². The number of anilines is 1. The molecular weight excluding hydrogens is 428 g/mol. The molecule has 4 rings (SSSR count). The first-order chi connectivity index (χ1) is 15.4. The first-order valence-electron chi connectivity index (χ1n) is 10.5. The molecule has 1 aliphatic heterocycles. The molecule has 0 atom stereocenters. The number of carbonyl (C=O) groups is 1. The van der Waals surface area contributed by atoms with Gasteiger partial charge in [-0.15, -0.1) is 0 Å². The maximum absolute atomic E-state index is 12.6. The lowest BCUT2D eigenvalue weighted by Crippen LogP contribution is -2.44. The number of rotatable bonds is 7. The summed E-state index contributed by atoms with van der Waals surface area (Å²) in [7, 11) is -1.88. The summed E-state index contributed by atoms with van der Waals surface area (Å²) in [6, 6.07) is 19.3. The third-order valence-corrected chi connectivity index (χ3v) is 7.24. The lowest BCUT2D eigenvalue weighted by Gasteiger charge is -2.33. The molecule has 2 aromatic carbocycles. The highest BCUT2D eigenvalue weighted by molar-refractivity contribution is 7.90. The van der Waals surface area contributed by atoms with Crippen LogP contribution in [0, 0.1) is 0 Å². The van der Waals surface area contributed by atoms with Crippen molar-refractivity contribution in [2.75, 3.05) is 25.1 Å². The van der Waals surface area contributed by atoms with E-state index in [1.54, 1.807) is 43.5 Å². The van der Waals surface area contributed by atoms with Gasteiger partial charge >= 0.3 is 0 Å². The summed E-state index contributed by atoms with van der Waals surface area (Å²) in [5.74, 6) is 0.584. The van der Waals surface area contributed by atoms with E-state index in [4.69, 9.17) is 9.15 Å². The third kappa shape index (κ3) is 5.13. The van der Waals surface area contributed by atoms with Crippen LogP contribution in [0.4, 0.5) is 5.69 Å². The van der Waals surface area contributed by atoms with E-state index in [0.29, 0.717) is 0 Å². The molecule has 0 spiro atoms. The van der Waals surface area contributed by atoms with Crippen LogP contribution in [0.5, 0.6) is 5.75 Å². The van der Waals surface area contributed by atoms with E-state index < -0.39 is 9.84 Å². The van der Waals surface area contributed by atoms with Crippen molar-refractivity contribution in [3.05, 3.63) is 78.3 Å². The zero-order valence-corrected chi connectivity index (χ0v) is 18.7. The second-order valence-electron chi connectivity index (χ2n) is 7.77. The number of nitrogens with zero attached hydrogens (tertiary/aromatic N) is 1. The van der Waals surface area contributed by atoms with E-state index in [2.05, 4.69) is 10.2 Å². The van der Waals surface area contributed by atoms with Crippen LogP contribution in [0.15, 0.2) is 76.0 Å². The monoisotopic (exact) mass is 454 g/mol. The number of benzene rings is 2. The normalized spacial score (nSPS) is 14.8. The fourth-order valence-electron chi connectivity index (χ4n) is 3.81. The number of ether oxygens (including phenoxy) is 1. The van der Waals surface area contributed by atoms with Gasteiger partial charge in [-0.25, -0.2) is 8.42 Å². The van der Waals surface area contributed by atoms with Crippen molar-refractivity contribution < 1.29 is 22.4 Å². The summed E-state index contributed by atoms with van der Waals surface area (Å²) in [5.41, 5.74) is 1.13. The summed E-state index contributed by atoms with van der Waals surface area (Å²) in [5, 5.41) is 3.00. The van der Waals surface area contributed by atoms with Crippen LogP contribution in [0.25, 0.3) is 0 Å². The highest BCUT2D eigenvalue weighted by atomic mass is 32.2. The number of methoxy groups -OCH3 is 1. The molecule has 1 saturated heterocycles. The first-order valence-corrected chi connectivity index (χ1v) is 12.2. The van der Waals surface area contributed by atoms with Gasteiger partial charge in [-0.2, -0.15) is 0 Å². The molecule has 1 fully saturated rings. The molecule has 0 saturated carbocycles. The molecule has 0 aliphatic carbocycles. The molecule has 1 N–H and O–H groups in total. The molecule has 0 bridgehead atoms. The fraction of sp³-hybridized carbons (Fsp3) is 0.292. The number of nitrogens with one attached hydrogen (secondary N) is 1. The Morgan fingerprint density at radius 1 is 1.03 bits per heavy atom. The number of sulfone groups is 1. The molecule has 32 heavy (non-hydrogen) atoms. The molecule has 0 unspecified atom stereocenters. The van der Waals surface area contributed by atoms with Crippen molar-refractivity contribution in [1.82, 2.24) is 5.32 Å². The second kappa shape index (κ2) is 9.48. The Hall–Kier alpha value is -3.26. The standard InChI is InChI=1S/C24H26N2O5S/c1-30-20-9-7-19(8-10-20)26-15-13-18(14-16-26)25-24(27)23-12-11-21(31-23)17-32(28,29)22-5-3-2-4-6-22/h2-12,18H,13-17H2,1H3,(H,25,27). The van der Waals surface area contributed by atoms with Crippen molar-refractivity contribution in [2.24, 2.45) is 0 Å².